The zero-order valence-electron chi connectivity index (χ0n) is 10.8. The number of rotatable bonds is 1. The van der Waals surface area contributed by atoms with E-state index in [4.69, 9.17) is 0 Å². The normalized spacial score (nSPS) is 34.4. The van der Waals surface area contributed by atoms with Crippen molar-refractivity contribution in [2.24, 2.45) is 5.92 Å². The van der Waals surface area contributed by atoms with Crippen LogP contribution in [0.4, 0.5) is 0 Å². The molecular weight excluding hydrogens is 184 g/mol. The summed E-state index contributed by atoms with van der Waals surface area (Å²) >= 11 is 0. The lowest BCUT2D eigenvalue weighted by molar-refractivity contribution is -0.0592. The molecule has 0 aliphatic carbocycles. The molecule has 88 valence electrons. The lowest BCUT2D eigenvalue weighted by atomic mass is 9.81. The maximum absolute atomic E-state index is 2.71. The van der Waals surface area contributed by atoms with Crippen molar-refractivity contribution >= 4 is 0 Å². The molecule has 0 aromatic rings. The molecule has 2 atom stereocenters. The van der Waals surface area contributed by atoms with E-state index in [-0.39, 0.29) is 0 Å². The van der Waals surface area contributed by atoms with E-state index in [1.807, 2.05) is 0 Å². The van der Waals surface area contributed by atoms with E-state index in [0.29, 0.717) is 5.54 Å². The van der Waals surface area contributed by atoms with Gasteiger partial charge in [-0.25, -0.2) is 0 Å². The second kappa shape index (κ2) is 4.06. The Morgan fingerprint density at radius 2 is 1.93 bits per heavy atom. The third-order valence-electron chi connectivity index (χ3n) is 4.15. The Labute approximate surface area is 94.6 Å². The van der Waals surface area contributed by atoms with Crippen LogP contribution in [0.15, 0.2) is 0 Å². The molecule has 2 heterocycles. The van der Waals surface area contributed by atoms with Crippen molar-refractivity contribution in [1.82, 2.24) is 9.80 Å². The molecule has 2 saturated heterocycles. The maximum Gasteiger partial charge on any atom is 0.0154 e. The number of fused-ring (bicyclic) bond motifs is 1. The van der Waals surface area contributed by atoms with Gasteiger partial charge in [0.25, 0.3) is 0 Å². The SMILES string of the molecule is CCN1CCCC2C(C1)CN2C(C)(C)C. The highest BCUT2D eigenvalue weighted by Gasteiger charge is 2.44. The molecule has 0 saturated carbocycles. The average molecular weight is 210 g/mol. The Kier molecular flexibility index (Phi) is 3.09. The fourth-order valence-corrected chi connectivity index (χ4v) is 3.20. The summed E-state index contributed by atoms with van der Waals surface area (Å²) in [5, 5.41) is 0. The minimum Gasteiger partial charge on any atom is -0.303 e. The van der Waals surface area contributed by atoms with Gasteiger partial charge in [0, 0.05) is 24.7 Å². The molecule has 0 spiro atoms. The minimum atomic E-state index is 0.378. The summed E-state index contributed by atoms with van der Waals surface area (Å²) in [5.74, 6) is 0.951. The van der Waals surface area contributed by atoms with Gasteiger partial charge in [-0.05, 0) is 52.6 Å². The Balaban J connectivity index is 1.96. The topological polar surface area (TPSA) is 6.48 Å². The fraction of sp³-hybridized carbons (Fsp3) is 1.00. The lowest BCUT2D eigenvalue weighted by Crippen LogP contribution is -2.64. The zero-order chi connectivity index (χ0) is 11.1. The summed E-state index contributed by atoms with van der Waals surface area (Å²) in [4.78, 5) is 5.33. The van der Waals surface area contributed by atoms with Gasteiger partial charge < -0.3 is 4.90 Å². The van der Waals surface area contributed by atoms with Crippen molar-refractivity contribution in [1.29, 1.82) is 0 Å². The van der Waals surface area contributed by atoms with Crippen LogP contribution in [0, 0.1) is 5.92 Å². The van der Waals surface area contributed by atoms with Crippen LogP contribution in [-0.2, 0) is 0 Å². The first-order valence-corrected chi connectivity index (χ1v) is 6.51. The molecule has 0 bridgehead atoms. The van der Waals surface area contributed by atoms with Crippen LogP contribution in [0.2, 0.25) is 0 Å². The van der Waals surface area contributed by atoms with Gasteiger partial charge in [0.15, 0.2) is 0 Å². The van der Waals surface area contributed by atoms with E-state index < -0.39 is 0 Å². The van der Waals surface area contributed by atoms with Crippen molar-refractivity contribution in [3.05, 3.63) is 0 Å². The predicted molar refractivity (Wildman–Crippen MR) is 65.1 cm³/mol. The molecule has 0 aromatic heterocycles. The molecule has 0 aromatic carbocycles. The molecule has 2 unspecified atom stereocenters. The largest absolute Gasteiger partial charge is 0.303 e. The van der Waals surface area contributed by atoms with E-state index in [1.54, 1.807) is 0 Å². The summed E-state index contributed by atoms with van der Waals surface area (Å²) in [6.45, 7) is 14.6. The van der Waals surface area contributed by atoms with Crippen molar-refractivity contribution in [2.45, 2.75) is 52.1 Å². The summed E-state index contributed by atoms with van der Waals surface area (Å²) in [5.41, 5.74) is 0.378. The van der Waals surface area contributed by atoms with Crippen molar-refractivity contribution in [3.63, 3.8) is 0 Å². The summed E-state index contributed by atoms with van der Waals surface area (Å²) in [6, 6.07) is 0.876. The fourth-order valence-electron chi connectivity index (χ4n) is 3.20. The highest BCUT2D eigenvalue weighted by molar-refractivity contribution is 4.99. The smallest absolute Gasteiger partial charge is 0.0154 e. The molecule has 0 radical (unpaired) electrons. The Morgan fingerprint density at radius 1 is 1.20 bits per heavy atom. The zero-order valence-corrected chi connectivity index (χ0v) is 10.8. The van der Waals surface area contributed by atoms with Crippen LogP contribution >= 0.6 is 0 Å². The molecule has 2 nitrogen and oxygen atoms in total. The van der Waals surface area contributed by atoms with Crippen molar-refractivity contribution in [3.8, 4) is 0 Å². The van der Waals surface area contributed by atoms with Gasteiger partial charge in [-0.1, -0.05) is 6.92 Å². The number of nitrogens with zero attached hydrogens (tertiary/aromatic N) is 2. The third-order valence-corrected chi connectivity index (χ3v) is 4.15. The summed E-state index contributed by atoms with van der Waals surface area (Å²) in [6.07, 6.45) is 2.81. The lowest BCUT2D eigenvalue weighted by Gasteiger charge is -2.55. The second-order valence-electron chi connectivity index (χ2n) is 6.19. The van der Waals surface area contributed by atoms with Gasteiger partial charge in [0.2, 0.25) is 0 Å². The van der Waals surface area contributed by atoms with Gasteiger partial charge in [-0.3, -0.25) is 4.90 Å². The Hall–Kier alpha value is -0.0800. The maximum atomic E-state index is 2.71. The first-order valence-electron chi connectivity index (χ1n) is 6.51. The molecule has 2 fully saturated rings. The molecule has 15 heavy (non-hydrogen) atoms. The Bertz CT molecular complexity index is 219. The van der Waals surface area contributed by atoms with Gasteiger partial charge in [-0.15, -0.1) is 0 Å². The molecule has 2 heteroatoms. The van der Waals surface area contributed by atoms with E-state index in [1.165, 1.54) is 39.0 Å². The van der Waals surface area contributed by atoms with Crippen LogP contribution in [0.3, 0.4) is 0 Å². The van der Waals surface area contributed by atoms with Crippen molar-refractivity contribution < 1.29 is 0 Å². The van der Waals surface area contributed by atoms with Crippen LogP contribution in [-0.4, -0.2) is 47.6 Å². The molecule has 0 amide bonds. The molecule has 2 rings (SSSR count). The van der Waals surface area contributed by atoms with Gasteiger partial charge in [0.05, 0.1) is 0 Å². The minimum absolute atomic E-state index is 0.378. The highest BCUT2D eigenvalue weighted by Crippen LogP contribution is 2.37. The summed E-state index contributed by atoms with van der Waals surface area (Å²) < 4.78 is 0. The van der Waals surface area contributed by atoms with E-state index in [2.05, 4.69) is 37.5 Å². The molecular formula is C13H26N2. The van der Waals surface area contributed by atoms with E-state index in [9.17, 15) is 0 Å². The standard InChI is InChI=1S/C13H26N2/c1-5-14-8-6-7-12-11(9-14)10-15(12)13(2,3)4/h11-12H,5-10H2,1-4H3. The van der Waals surface area contributed by atoms with E-state index >= 15 is 0 Å². The quantitative estimate of drug-likeness (QED) is 0.654. The molecule has 2 aliphatic rings. The first kappa shape index (κ1) is 11.4. The van der Waals surface area contributed by atoms with Gasteiger partial charge >= 0.3 is 0 Å². The molecule has 0 N–H and O–H groups in total. The number of hydrogen-bond acceptors (Lipinski definition) is 2. The third kappa shape index (κ3) is 2.21. The van der Waals surface area contributed by atoms with E-state index in [0.717, 1.165) is 12.0 Å². The number of likely N-dealkylation sites (tertiary alicyclic amines) is 2. The summed E-state index contributed by atoms with van der Waals surface area (Å²) in [7, 11) is 0. The van der Waals surface area contributed by atoms with Crippen LogP contribution in [0.1, 0.15) is 40.5 Å². The highest BCUT2D eigenvalue weighted by atomic mass is 15.3. The Morgan fingerprint density at radius 3 is 2.53 bits per heavy atom. The van der Waals surface area contributed by atoms with Crippen LogP contribution < -0.4 is 0 Å². The van der Waals surface area contributed by atoms with Crippen molar-refractivity contribution in [2.75, 3.05) is 26.2 Å². The van der Waals surface area contributed by atoms with Crippen LogP contribution in [0.25, 0.3) is 0 Å². The van der Waals surface area contributed by atoms with Gasteiger partial charge in [0.1, 0.15) is 0 Å². The number of hydrogen-bond donors (Lipinski definition) is 0. The van der Waals surface area contributed by atoms with Crippen LogP contribution in [0.5, 0.6) is 0 Å². The first-order chi connectivity index (χ1) is 7.02. The second-order valence-corrected chi connectivity index (χ2v) is 6.19. The van der Waals surface area contributed by atoms with Gasteiger partial charge in [-0.2, -0.15) is 0 Å². The molecule has 2 aliphatic heterocycles. The monoisotopic (exact) mass is 210 g/mol. The predicted octanol–water partition coefficient (Wildman–Crippen LogP) is 2.20. The average Bonchev–Trinajstić information content (AvgIpc) is 2.25.